The smallest absolute Gasteiger partial charge is 0.142 e. The van der Waals surface area contributed by atoms with Crippen molar-refractivity contribution < 1.29 is 9.47 Å². The molecular weight excluding hydrogens is 324 g/mol. The molecule has 0 N–H and O–H groups in total. The van der Waals surface area contributed by atoms with Crippen LogP contribution in [0, 0.1) is 0 Å². The van der Waals surface area contributed by atoms with Crippen molar-refractivity contribution in [2.24, 2.45) is 0 Å². The van der Waals surface area contributed by atoms with Crippen molar-refractivity contribution in [3.05, 3.63) is 54.6 Å². The van der Waals surface area contributed by atoms with Crippen LogP contribution in [0.2, 0.25) is 0 Å². The normalized spacial score (nSPS) is 16.9. The summed E-state index contributed by atoms with van der Waals surface area (Å²) in [5.41, 5.74) is 1.05. The number of benzene rings is 2. The van der Waals surface area contributed by atoms with Gasteiger partial charge in [-0.05, 0) is 44.0 Å². The van der Waals surface area contributed by atoms with Crippen LogP contribution in [-0.2, 0) is 0 Å². The first kappa shape index (κ1) is 18.6. The van der Waals surface area contributed by atoms with Crippen LogP contribution in [0.5, 0.6) is 11.5 Å². The van der Waals surface area contributed by atoms with E-state index in [1.165, 1.54) is 0 Å². The Kier molecular flexibility index (Phi) is 6.04. The third-order valence-electron chi connectivity index (χ3n) is 5.03. The second-order valence-electron chi connectivity index (χ2n) is 7.42. The Labute approximate surface area is 157 Å². The standard InChI is InChI=1S/C22H30N2O2/c1-22(26-19-9-5-4-6-10-19)13-15-24(16-14-22)17-18-25-21-12-8-7-11-20(21)23(2)3/h4-12H,13-18H2,1-3H3. The fourth-order valence-corrected chi connectivity index (χ4v) is 3.36. The van der Waals surface area contributed by atoms with Gasteiger partial charge < -0.3 is 14.4 Å². The molecule has 0 aromatic heterocycles. The summed E-state index contributed by atoms with van der Waals surface area (Å²) in [5, 5.41) is 0. The second kappa shape index (κ2) is 8.45. The molecule has 0 bridgehead atoms. The van der Waals surface area contributed by atoms with E-state index in [0.29, 0.717) is 6.61 Å². The van der Waals surface area contributed by atoms with Crippen molar-refractivity contribution in [2.75, 3.05) is 45.2 Å². The summed E-state index contributed by atoms with van der Waals surface area (Å²) < 4.78 is 12.3. The number of anilines is 1. The van der Waals surface area contributed by atoms with Crippen LogP contribution >= 0.6 is 0 Å². The van der Waals surface area contributed by atoms with E-state index in [4.69, 9.17) is 9.47 Å². The summed E-state index contributed by atoms with van der Waals surface area (Å²) in [4.78, 5) is 4.55. The number of piperidine rings is 1. The Balaban J connectivity index is 1.45. The van der Waals surface area contributed by atoms with E-state index in [0.717, 1.165) is 49.7 Å². The molecule has 0 spiro atoms. The topological polar surface area (TPSA) is 24.9 Å². The molecule has 0 amide bonds. The fourth-order valence-electron chi connectivity index (χ4n) is 3.36. The number of hydrogen-bond acceptors (Lipinski definition) is 4. The van der Waals surface area contributed by atoms with E-state index in [1.807, 2.05) is 62.6 Å². The number of ether oxygens (including phenoxy) is 2. The SMILES string of the molecule is CN(C)c1ccccc1OCCN1CCC(C)(Oc2ccccc2)CC1. The zero-order valence-corrected chi connectivity index (χ0v) is 16.1. The third kappa shape index (κ3) is 4.92. The predicted octanol–water partition coefficient (Wildman–Crippen LogP) is 4.06. The lowest BCUT2D eigenvalue weighted by Crippen LogP contribution is -2.47. The van der Waals surface area contributed by atoms with Gasteiger partial charge in [0.05, 0.1) is 5.69 Å². The van der Waals surface area contributed by atoms with Crippen molar-refractivity contribution >= 4 is 5.69 Å². The minimum absolute atomic E-state index is 0.0732. The first-order valence-corrected chi connectivity index (χ1v) is 9.41. The Morgan fingerprint density at radius 2 is 1.62 bits per heavy atom. The first-order valence-electron chi connectivity index (χ1n) is 9.41. The summed E-state index contributed by atoms with van der Waals surface area (Å²) in [6, 6.07) is 18.3. The Hall–Kier alpha value is -2.20. The zero-order valence-electron chi connectivity index (χ0n) is 16.1. The van der Waals surface area contributed by atoms with Crippen LogP contribution in [0.15, 0.2) is 54.6 Å². The minimum atomic E-state index is -0.0732. The maximum absolute atomic E-state index is 6.24. The first-order chi connectivity index (χ1) is 12.6. The molecule has 0 radical (unpaired) electrons. The highest BCUT2D eigenvalue weighted by Crippen LogP contribution is 2.29. The largest absolute Gasteiger partial charge is 0.490 e. The lowest BCUT2D eigenvalue weighted by Gasteiger charge is -2.39. The lowest BCUT2D eigenvalue weighted by atomic mass is 9.93. The van der Waals surface area contributed by atoms with E-state index in [2.05, 4.69) is 22.8 Å². The molecule has 0 atom stereocenters. The summed E-state index contributed by atoms with van der Waals surface area (Å²) in [6.45, 7) is 5.97. The van der Waals surface area contributed by atoms with Gasteiger partial charge in [0.15, 0.2) is 0 Å². The molecule has 2 aromatic carbocycles. The van der Waals surface area contributed by atoms with E-state index < -0.39 is 0 Å². The van der Waals surface area contributed by atoms with E-state index in [-0.39, 0.29) is 5.60 Å². The molecule has 26 heavy (non-hydrogen) atoms. The lowest BCUT2D eigenvalue weighted by molar-refractivity contribution is 0.0136. The molecule has 0 saturated carbocycles. The van der Waals surface area contributed by atoms with Gasteiger partial charge >= 0.3 is 0 Å². The van der Waals surface area contributed by atoms with Crippen LogP contribution < -0.4 is 14.4 Å². The maximum Gasteiger partial charge on any atom is 0.142 e. The molecule has 1 fully saturated rings. The molecule has 4 heteroatoms. The second-order valence-corrected chi connectivity index (χ2v) is 7.42. The number of rotatable bonds is 7. The van der Waals surface area contributed by atoms with E-state index in [9.17, 15) is 0 Å². The summed E-state index contributed by atoms with van der Waals surface area (Å²) in [6.07, 6.45) is 2.08. The quantitative estimate of drug-likeness (QED) is 0.748. The van der Waals surface area contributed by atoms with Gasteiger partial charge in [0, 0.05) is 33.7 Å². The third-order valence-corrected chi connectivity index (χ3v) is 5.03. The summed E-state index contributed by atoms with van der Waals surface area (Å²) in [5.74, 6) is 1.92. The molecular formula is C22H30N2O2. The van der Waals surface area contributed by atoms with Crippen LogP contribution in [-0.4, -0.2) is 50.8 Å². The van der Waals surface area contributed by atoms with Gasteiger partial charge in [0.25, 0.3) is 0 Å². The number of hydrogen-bond donors (Lipinski definition) is 0. The van der Waals surface area contributed by atoms with Gasteiger partial charge in [-0.3, -0.25) is 4.90 Å². The molecule has 1 saturated heterocycles. The fraction of sp³-hybridized carbons (Fsp3) is 0.455. The highest BCUT2D eigenvalue weighted by atomic mass is 16.5. The molecule has 2 aromatic rings. The average Bonchev–Trinajstić information content (AvgIpc) is 2.64. The van der Waals surface area contributed by atoms with Gasteiger partial charge in [-0.15, -0.1) is 0 Å². The van der Waals surface area contributed by atoms with E-state index >= 15 is 0 Å². The van der Waals surface area contributed by atoms with Crippen molar-refractivity contribution in [3.8, 4) is 11.5 Å². The minimum Gasteiger partial charge on any atom is -0.490 e. The number of para-hydroxylation sites is 3. The van der Waals surface area contributed by atoms with Gasteiger partial charge in [-0.2, -0.15) is 0 Å². The Morgan fingerprint density at radius 1 is 0.962 bits per heavy atom. The molecule has 0 unspecified atom stereocenters. The average molecular weight is 354 g/mol. The maximum atomic E-state index is 6.24. The van der Waals surface area contributed by atoms with Crippen LogP contribution in [0.1, 0.15) is 19.8 Å². The molecule has 3 rings (SSSR count). The summed E-state index contributed by atoms with van der Waals surface area (Å²) >= 11 is 0. The summed E-state index contributed by atoms with van der Waals surface area (Å²) in [7, 11) is 4.08. The Morgan fingerprint density at radius 3 is 2.31 bits per heavy atom. The Bertz CT molecular complexity index is 680. The molecule has 1 heterocycles. The number of nitrogens with zero attached hydrogens (tertiary/aromatic N) is 2. The number of likely N-dealkylation sites (tertiary alicyclic amines) is 1. The highest BCUT2D eigenvalue weighted by molar-refractivity contribution is 5.57. The van der Waals surface area contributed by atoms with Gasteiger partial charge in [0.2, 0.25) is 0 Å². The highest BCUT2D eigenvalue weighted by Gasteiger charge is 2.31. The van der Waals surface area contributed by atoms with Crippen molar-refractivity contribution in [3.63, 3.8) is 0 Å². The van der Waals surface area contributed by atoms with Gasteiger partial charge in [-0.25, -0.2) is 0 Å². The monoisotopic (exact) mass is 354 g/mol. The van der Waals surface area contributed by atoms with Crippen molar-refractivity contribution in [1.29, 1.82) is 0 Å². The molecule has 140 valence electrons. The van der Waals surface area contributed by atoms with E-state index in [1.54, 1.807) is 0 Å². The molecule has 4 nitrogen and oxygen atoms in total. The van der Waals surface area contributed by atoms with Crippen LogP contribution in [0.4, 0.5) is 5.69 Å². The molecule has 1 aliphatic rings. The zero-order chi connectivity index (χ0) is 18.4. The van der Waals surface area contributed by atoms with Gasteiger partial charge in [0.1, 0.15) is 23.7 Å². The predicted molar refractivity (Wildman–Crippen MR) is 107 cm³/mol. The van der Waals surface area contributed by atoms with Crippen LogP contribution in [0.25, 0.3) is 0 Å². The van der Waals surface area contributed by atoms with Crippen molar-refractivity contribution in [1.82, 2.24) is 4.90 Å². The van der Waals surface area contributed by atoms with Gasteiger partial charge in [-0.1, -0.05) is 30.3 Å². The van der Waals surface area contributed by atoms with Crippen LogP contribution in [0.3, 0.4) is 0 Å². The molecule has 0 aliphatic carbocycles. The molecule has 1 aliphatic heterocycles. The van der Waals surface area contributed by atoms with Crippen molar-refractivity contribution in [2.45, 2.75) is 25.4 Å².